The topological polar surface area (TPSA) is 70.2 Å². The molecule has 3 rings (SSSR count). The molecule has 0 aliphatic carbocycles. The van der Waals surface area contributed by atoms with Crippen molar-refractivity contribution < 1.29 is 8.42 Å². The Morgan fingerprint density at radius 2 is 1.43 bits per heavy atom. The summed E-state index contributed by atoms with van der Waals surface area (Å²) in [4.78, 5) is 0.130. The molecular weight excluding hydrogens is 529 g/mol. The molecule has 0 spiro atoms. The lowest BCUT2D eigenvalue weighted by molar-refractivity contribution is 0.601. The van der Waals surface area contributed by atoms with Crippen molar-refractivity contribution >= 4 is 67.0 Å². The SMILES string of the molecule is Cc1cc(C)cc(NC(=S)Nc2ccc(C)cc2S(=O)(=O)Nc2ccc(I)cc2)c1. The summed E-state index contributed by atoms with van der Waals surface area (Å²) in [6.45, 7) is 5.87. The van der Waals surface area contributed by atoms with E-state index >= 15 is 0 Å². The van der Waals surface area contributed by atoms with Gasteiger partial charge in [-0.15, -0.1) is 0 Å². The van der Waals surface area contributed by atoms with Crippen LogP contribution in [0.5, 0.6) is 0 Å². The molecule has 0 fully saturated rings. The Labute approximate surface area is 196 Å². The average molecular weight is 551 g/mol. The molecule has 5 nitrogen and oxygen atoms in total. The van der Waals surface area contributed by atoms with E-state index in [1.54, 1.807) is 24.3 Å². The standard InChI is InChI=1S/C22H22IN3O2S2/c1-14-4-9-20(25-22(29)24-19-11-15(2)10-16(3)12-19)21(13-14)30(27,28)26-18-7-5-17(23)6-8-18/h4-13,26H,1-3H3,(H2,24,25,29). The van der Waals surface area contributed by atoms with Crippen LogP contribution >= 0.6 is 34.8 Å². The Bertz CT molecular complexity index is 1170. The van der Waals surface area contributed by atoms with Gasteiger partial charge in [0.25, 0.3) is 10.0 Å². The van der Waals surface area contributed by atoms with Crippen LogP contribution in [0.25, 0.3) is 0 Å². The van der Waals surface area contributed by atoms with E-state index in [4.69, 9.17) is 12.2 Å². The number of thiocarbonyl (C=S) groups is 1. The monoisotopic (exact) mass is 551 g/mol. The first-order chi connectivity index (χ1) is 14.1. The molecule has 0 aromatic heterocycles. The number of aryl methyl sites for hydroxylation is 3. The van der Waals surface area contributed by atoms with Crippen molar-refractivity contribution in [2.45, 2.75) is 25.7 Å². The zero-order chi connectivity index (χ0) is 21.9. The summed E-state index contributed by atoms with van der Waals surface area (Å²) in [6.07, 6.45) is 0. The normalized spacial score (nSPS) is 11.1. The maximum absolute atomic E-state index is 13.1. The molecular formula is C22H22IN3O2S2. The first kappa shape index (κ1) is 22.5. The third-order valence-electron chi connectivity index (χ3n) is 4.25. The van der Waals surface area contributed by atoms with Crippen LogP contribution in [0.3, 0.4) is 0 Å². The van der Waals surface area contributed by atoms with Gasteiger partial charge in [0.05, 0.1) is 5.69 Å². The van der Waals surface area contributed by atoms with E-state index in [-0.39, 0.29) is 4.90 Å². The van der Waals surface area contributed by atoms with Crippen LogP contribution in [0.1, 0.15) is 16.7 Å². The molecule has 0 atom stereocenters. The van der Waals surface area contributed by atoms with Crippen LogP contribution in [0.4, 0.5) is 17.1 Å². The van der Waals surface area contributed by atoms with Crippen LogP contribution < -0.4 is 15.4 Å². The van der Waals surface area contributed by atoms with Gasteiger partial charge in [0.1, 0.15) is 4.90 Å². The number of anilines is 3. The van der Waals surface area contributed by atoms with Crippen LogP contribution in [0.2, 0.25) is 0 Å². The summed E-state index contributed by atoms with van der Waals surface area (Å²) >= 11 is 7.60. The van der Waals surface area contributed by atoms with E-state index in [0.717, 1.165) is 25.9 Å². The molecule has 0 bridgehead atoms. The Hall–Kier alpha value is -2.17. The highest BCUT2D eigenvalue weighted by Crippen LogP contribution is 2.26. The Morgan fingerprint density at radius 1 is 0.800 bits per heavy atom. The van der Waals surface area contributed by atoms with Crippen LogP contribution in [-0.2, 0) is 10.0 Å². The summed E-state index contributed by atoms with van der Waals surface area (Å²) < 4.78 is 29.8. The Morgan fingerprint density at radius 3 is 2.07 bits per heavy atom. The first-order valence-corrected chi connectivity index (χ1v) is 12.1. The first-order valence-electron chi connectivity index (χ1n) is 9.18. The van der Waals surface area contributed by atoms with Gasteiger partial charge in [-0.25, -0.2) is 8.42 Å². The van der Waals surface area contributed by atoms with Gasteiger partial charge in [0.2, 0.25) is 0 Å². The fraction of sp³-hybridized carbons (Fsp3) is 0.136. The lowest BCUT2D eigenvalue weighted by Crippen LogP contribution is -2.22. The van der Waals surface area contributed by atoms with Crippen molar-refractivity contribution in [2.75, 3.05) is 15.4 Å². The van der Waals surface area contributed by atoms with Gasteiger partial charge in [-0.05, 0) is 121 Å². The number of hydrogen-bond acceptors (Lipinski definition) is 3. The molecule has 0 heterocycles. The second-order valence-electron chi connectivity index (χ2n) is 7.07. The molecule has 0 unspecified atom stereocenters. The van der Waals surface area contributed by atoms with E-state index in [2.05, 4.69) is 44.0 Å². The number of hydrogen-bond donors (Lipinski definition) is 3. The summed E-state index contributed by atoms with van der Waals surface area (Å²) in [5.41, 5.74) is 4.80. The number of halogens is 1. The third kappa shape index (κ3) is 5.93. The fourth-order valence-corrected chi connectivity index (χ4v) is 4.91. The van der Waals surface area contributed by atoms with Gasteiger partial charge in [0.15, 0.2) is 5.11 Å². The van der Waals surface area contributed by atoms with E-state index in [0.29, 0.717) is 16.5 Å². The third-order valence-corrected chi connectivity index (χ3v) is 6.60. The maximum atomic E-state index is 13.1. The maximum Gasteiger partial charge on any atom is 0.263 e. The number of sulfonamides is 1. The molecule has 156 valence electrons. The zero-order valence-electron chi connectivity index (χ0n) is 16.8. The van der Waals surface area contributed by atoms with Crippen molar-refractivity contribution in [3.8, 4) is 0 Å². The highest BCUT2D eigenvalue weighted by molar-refractivity contribution is 14.1. The molecule has 30 heavy (non-hydrogen) atoms. The van der Waals surface area contributed by atoms with Gasteiger partial charge in [0, 0.05) is 14.9 Å². The lowest BCUT2D eigenvalue weighted by atomic mass is 10.1. The van der Waals surface area contributed by atoms with E-state index in [1.807, 2.05) is 51.1 Å². The van der Waals surface area contributed by atoms with E-state index in [1.165, 1.54) is 0 Å². The number of rotatable bonds is 5. The summed E-state index contributed by atoms with van der Waals surface area (Å²) in [5, 5.41) is 6.47. The van der Waals surface area contributed by atoms with Crippen LogP contribution in [0, 0.1) is 24.3 Å². The minimum absolute atomic E-state index is 0.130. The Kier molecular flexibility index (Phi) is 6.99. The second-order valence-corrected chi connectivity index (χ2v) is 10.4. The van der Waals surface area contributed by atoms with Gasteiger partial charge in [-0.1, -0.05) is 12.1 Å². The molecule has 3 aromatic rings. The second kappa shape index (κ2) is 9.32. The molecule has 3 aromatic carbocycles. The highest BCUT2D eigenvalue weighted by atomic mass is 127. The molecule has 0 saturated carbocycles. The van der Waals surface area contributed by atoms with Crippen molar-refractivity contribution in [1.82, 2.24) is 0 Å². The molecule has 8 heteroatoms. The Balaban J connectivity index is 1.85. The van der Waals surface area contributed by atoms with Crippen LogP contribution in [0.15, 0.2) is 65.6 Å². The van der Waals surface area contributed by atoms with Gasteiger partial charge in [-0.2, -0.15) is 0 Å². The average Bonchev–Trinajstić information content (AvgIpc) is 2.64. The molecule has 0 aliphatic heterocycles. The molecule has 0 amide bonds. The van der Waals surface area contributed by atoms with Crippen molar-refractivity contribution in [1.29, 1.82) is 0 Å². The lowest BCUT2D eigenvalue weighted by Gasteiger charge is -2.16. The van der Waals surface area contributed by atoms with Gasteiger partial charge >= 0.3 is 0 Å². The molecule has 0 aliphatic rings. The van der Waals surface area contributed by atoms with Gasteiger partial charge in [-0.3, -0.25) is 4.72 Å². The zero-order valence-corrected chi connectivity index (χ0v) is 20.6. The minimum Gasteiger partial charge on any atom is -0.332 e. The summed E-state index contributed by atoms with van der Waals surface area (Å²) in [7, 11) is -3.81. The molecule has 0 radical (unpaired) electrons. The van der Waals surface area contributed by atoms with Crippen LogP contribution in [-0.4, -0.2) is 13.5 Å². The fourth-order valence-electron chi connectivity index (χ4n) is 3.01. The smallest absolute Gasteiger partial charge is 0.263 e. The van der Waals surface area contributed by atoms with Gasteiger partial charge < -0.3 is 10.6 Å². The largest absolute Gasteiger partial charge is 0.332 e. The van der Waals surface area contributed by atoms with E-state index in [9.17, 15) is 8.42 Å². The molecule has 3 N–H and O–H groups in total. The van der Waals surface area contributed by atoms with Crippen molar-refractivity contribution in [3.05, 3.63) is 80.9 Å². The predicted octanol–water partition coefficient (Wildman–Crippen LogP) is 5.83. The minimum atomic E-state index is -3.81. The van der Waals surface area contributed by atoms with Crippen molar-refractivity contribution in [3.63, 3.8) is 0 Å². The predicted molar refractivity (Wildman–Crippen MR) is 137 cm³/mol. The van der Waals surface area contributed by atoms with E-state index < -0.39 is 10.0 Å². The van der Waals surface area contributed by atoms with Crippen molar-refractivity contribution in [2.24, 2.45) is 0 Å². The number of nitrogens with one attached hydrogen (secondary N) is 3. The number of benzene rings is 3. The summed E-state index contributed by atoms with van der Waals surface area (Å²) in [6, 6.07) is 18.4. The highest BCUT2D eigenvalue weighted by Gasteiger charge is 2.20. The summed E-state index contributed by atoms with van der Waals surface area (Å²) in [5.74, 6) is 0. The quantitative estimate of drug-likeness (QED) is 0.275. The molecule has 0 saturated heterocycles.